The van der Waals surface area contributed by atoms with E-state index in [0.29, 0.717) is 12.5 Å². The average molecular weight is 431 g/mol. The van der Waals surface area contributed by atoms with Gasteiger partial charge in [-0.2, -0.15) is 0 Å². The molecule has 0 aromatic rings. The number of guanidine groups is 1. The van der Waals surface area contributed by atoms with Crippen molar-refractivity contribution in [3.05, 3.63) is 0 Å². The SMILES string of the molecule is CN=C(NCCS(=O)(=O)C(C)(C)C)N1CCCC(C)C1.I. The highest BCUT2D eigenvalue weighted by atomic mass is 127. The molecule has 0 saturated carbocycles. The van der Waals surface area contributed by atoms with Crippen LogP contribution in [0.5, 0.6) is 0 Å². The number of nitrogens with one attached hydrogen (secondary N) is 1. The molecule has 0 amide bonds. The summed E-state index contributed by atoms with van der Waals surface area (Å²) in [6.45, 7) is 9.86. The van der Waals surface area contributed by atoms with E-state index < -0.39 is 14.6 Å². The Morgan fingerprint density at radius 2 is 2.00 bits per heavy atom. The number of nitrogens with zero attached hydrogens (tertiary/aromatic N) is 2. The van der Waals surface area contributed by atoms with Crippen LogP contribution in [-0.2, 0) is 9.84 Å². The molecule has 1 rings (SSSR count). The number of rotatable bonds is 3. The van der Waals surface area contributed by atoms with Gasteiger partial charge in [0.15, 0.2) is 15.8 Å². The summed E-state index contributed by atoms with van der Waals surface area (Å²) in [5.41, 5.74) is 0. The Morgan fingerprint density at radius 3 is 2.48 bits per heavy atom. The fourth-order valence-corrected chi connectivity index (χ4v) is 3.30. The second kappa shape index (κ2) is 8.55. The molecule has 0 spiro atoms. The van der Waals surface area contributed by atoms with Crippen LogP contribution in [0, 0.1) is 5.92 Å². The lowest BCUT2D eigenvalue weighted by molar-refractivity contribution is 0.266. The van der Waals surface area contributed by atoms with Gasteiger partial charge in [0.2, 0.25) is 0 Å². The van der Waals surface area contributed by atoms with Crippen LogP contribution in [0.3, 0.4) is 0 Å². The summed E-state index contributed by atoms with van der Waals surface area (Å²) in [5.74, 6) is 1.63. The van der Waals surface area contributed by atoms with Gasteiger partial charge >= 0.3 is 0 Å². The fourth-order valence-electron chi connectivity index (χ4n) is 2.32. The third-order valence-electron chi connectivity index (χ3n) is 3.76. The monoisotopic (exact) mass is 431 g/mol. The first-order chi connectivity index (χ1) is 9.17. The smallest absolute Gasteiger partial charge is 0.193 e. The first-order valence-corrected chi connectivity index (χ1v) is 9.00. The molecule has 0 aromatic carbocycles. The molecule has 1 saturated heterocycles. The van der Waals surface area contributed by atoms with Crippen molar-refractivity contribution in [1.29, 1.82) is 0 Å². The molecule has 1 unspecified atom stereocenters. The van der Waals surface area contributed by atoms with Crippen molar-refractivity contribution in [2.45, 2.75) is 45.3 Å². The molecule has 5 nitrogen and oxygen atoms in total. The van der Waals surface area contributed by atoms with Gasteiger partial charge in [-0.05, 0) is 39.5 Å². The highest BCUT2D eigenvalue weighted by Crippen LogP contribution is 2.16. The lowest BCUT2D eigenvalue weighted by Gasteiger charge is -2.33. The zero-order chi connectivity index (χ0) is 15.4. The van der Waals surface area contributed by atoms with Crippen molar-refractivity contribution in [2.75, 3.05) is 32.4 Å². The van der Waals surface area contributed by atoms with E-state index in [4.69, 9.17) is 0 Å². The third kappa shape index (κ3) is 6.30. The van der Waals surface area contributed by atoms with E-state index in [1.54, 1.807) is 27.8 Å². The second-order valence-electron chi connectivity index (χ2n) is 6.60. The van der Waals surface area contributed by atoms with E-state index >= 15 is 0 Å². The van der Waals surface area contributed by atoms with Gasteiger partial charge in [-0.1, -0.05) is 6.92 Å². The predicted molar refractivity (Wildman–Crippen MR) is 100 cm³/mol. The fraction of sp³-hybridized carbons (Fsp3) is 0.929. The standard InChI is InChI=1S/C14H29N3O2S.HI/c1-12-7-6-9-17(11-12)13(15-5)16-8-10-20(18,19)14(2,3)4;/h12H,6-11H2,1-5H3,(H,15,16);1H. The van der Waals surface area contributed by atoms with Crippen LogP contribution in [0.15, 0.2) is 4.99 Å². The number of likely N-dealkylation sites (tertiary alicyclic amines) is 1. The summed E-state index contributed by atoms with van der Waals surface area (Å²) in [6.07, 6.45) is 2.42. The van der Waals surface area contributed by atoms with Crippen molar-refractivity contribution in [1.82, 2.24) is 10.2 Å². The molecule has 7 heteroatoms. The molecular formula is C14H30IN3O2S. The molecule has 1 aliphatic rings. The first kappa shape index (κ1) is 20.9. The molecule has 0 aromatic heterocycles. The maximum Gasteiger partial charge on any atom is 0.193 e. The summed E-state index contributed by atoms with van der Waals surface area (Å²) in [6, 6.07) is 0. The Kier molecular flexibility index (Phi) is 8.53. The van der Waals surface area contributed by atoms with Crippen LogP contribution in [-0.4, -0.2) is 56.5 Å². The van der Waals surface area contributed by atoms with E-state index in [0.717, 1.165) is 19.0 Å². The molecule has 1 aliphatic heterocycles. The molecule has 1 N–H and O–H groups in total. The molecule has 126 valence electrons. The van der Waals surface area contributed by atoms with Crippen molar-refractivity contribution < 1.29 is 8.42 Å². The zero-order valence-electron chi connectivity index (χ0n) is 13.8. The maximum absolute atomic E-state index is 12.1. The molecule has 0 bridgehead atoms. The highest BCUT2D eigenvalue weighted by molar-refractivity contribution is 14.0. The number of sulfone groups is 1. The van der Waals surface area contributed by atoms with Gasteiger partial charge in [-0.3, -0.25) is 4.99 Å². The normalized spacial score (nSPS) is 20.9. The average Bonchev–Trinajstić information content (AvgIpc) is 2.33. The highest BCUT2D eigenvalue weighted by Gasteiger charge is 2.28. The van der Waals surface area contributed by atoms with Gasteiger partial charge in [0.1, 0.15) is 0 Å². The number of piperidine rings is 1. The predicted octanol–water partition coefficient (Wildman–Crippen LogP) is 2.13. The molecule has 21 heavy (non-hydrogen) atoms. The Bertz CT molecular complexity index is 444. The molecule has 0 radical (unpaired) electrons. The van der Waals surface area contributed by atoms with Gasteiger partial charge < -0.3 is 10.2 Å². The van der Waals surface area contributed by atoms with Gasteiger partial charge in [-0.15, -0.1) is 24.0 Å². The minimum Gasteiger partial charge on any atom is -0.355 e. The first-order valence-electron chi connectivity index (χ1n) is 7.35. The van der Waals surface area contributed by atoms with Crippen LogP contribution >= 0.6 is 24.0 Å². The number of hydrogen-bond donors (Lipinski definition) is 1. The van der Waals surface area contributed by atoms with Crippen LogP contribution < -0.4 is 5.32 Å². The van der Waals surface area contributed by atoms with Crippen LogP contribution in [0.1, 0.15) is 40.5 Å². The van der Waals surface area contributed by atoms with Crippen molar-refractivity contribution in [3.63, 3.8) is 0 Å². The van der Waals surface area contributed by atoms with Gasteiger partial charge in [0.05, 0.1) is 10.5 Å². The van der Waals surface area contributed by atoms with E-state index in [2.05, 4.69) is 22.1 Å². The zero-order valence-corrected chi connectivity index (χ0v) is 17.0. The molecular weight excluding hydrogens is 401 g/mol. The number of halogens is 1. The largest absolute Gasteiger partial charge is 0.355 e. The van der Waals surface area contributed by atoms with Crippen LogP contribution in [0.4, 0.5) is 0 Å². The Balaban J connectivity index is 0.00000400. The lowest BCUT2D eigenvalue weighted by Crippen LogP contribution is -2.47. The van der Waals surface area contributed by atoms with Crippen molar-refractivity contribution in [2.24, 2.45) is 10.9 Å². The summed E-state index contributed by atoms with van der Waals surface area (Å²) < 4.78 is 23.4. The van der Waals surface area contributed by atoms with Crippen LogP contribution in [0.25, 0.3) is 0 Å². The molecule has 1 atom stereocenters. The second-order valence-corrected chi connectivity index (χ2v) is 9.46. The van der Waals surface area contributed by atoms with Crippen LogP contribution in [0.2, 0.25) is 0 Å². The minimum atomic E-state index is -3.08. The van der Waals surface area contributed by atoms with Crippen molar-refractivity contribution in [3.8, 4) is 0 Å². The Morgan fingerprint density at radius 1 is 1.38 bits per heavy atom. The third-order valence-corrected chi connectivity index (χ3v) is 6.36. The number of hydrogen-bond acceptors (Lipinski definition) is 3. The summed E-state index contributed by atoms with van der Waals surface area (Å²) >= 11 is 0. The Labute approximate surface area is 146 Å². The lowest BCUT2D eigenvalue weighted by atomic mass is 10.0. The Hall–Kier alpha value is -0.0500. The summed E-state index contributed by atoms with van der Waals surface area (Å²) in [7, 11) is -1.33. The maximum atomic E-state index is 12.1. The quantitative estimate of drug-likeness (QED) is 0.423. The minimum absolute atomic E-state index is 0. The summed E-state index contributed by atoms with van der Waals surface area (Å²) in [5, 5.41) is 3.18. The summed E-state index contributed by atoms with van der Waals surface area (Å²) in [4.78, 5) is 6.48. The number of aliphatic imine (C=N–C) groups is 1. The molecule has 0 aliphatic carbocycles. The van der Waals surface area contributed by atoms with Crippen molar-refractivity contribution >= 4 is 39.8 Å². The molecule has 1 fully saturated rings. The van der Waals surface area contributed by atoms with Gasteiger partial charge in [0, 0.05) is 26.7 Å². The van der Waals surface area contributed by atoms with E-state index in [1.165, 1.54) is 12.8 Å². The van der Waals surface area contributed by atoms with Gasteiger partial charge in [0.25, 0.3) is 0 Å². The topological polar surface area (TPSA) is 61.8 Å². The van der Waals surface area contributed by atoms with Gasteiger partial charge in [-0.25, -0.2) is 8.42 Å². The van der Waals surface area contributed by atoms with E-state index in [-0.39, 0.29) is 29.7 Å². The van der Waals surface area contributed by atoms with E-state index in [9.17, 15) is 8.42 Å². The van der Waals surface area contributed by atoms with E-state index in [1.807, 2.05) is 0 Å². The molecule has 1 heterocycles.